The van der Waals surface area contributed by atoms with Crippen LogP contribution in [0.25, 0.3) is 17.3 Å². The van der Waals surface area contributed by atoms with Gasteiger partial charge in [0.05, 0.1) is 12.8 Å². The first kappa shape index (κ1) is 35.3. The SMILES string of the molecule is COc1cccc(/C=C(\NC(=O)c2ccccc2)C(=O)Nc2ccc(SC(C(=O)Nc3nc(-c4ccc(Br)cc4)cs3)c3ccccc3)cc2)c1. The van der Waals surface area contributed by atoms with Crippen molar-refractivity contribution in [2.24, 2.45) is 0 Å². The third-order valence-electron chi connectivity index (χ3n) is 7.51. The average Bonchev–Trinajstić information content (AvgIpc) is 3.63. The van der Waals surface area contributed by atoms with Gasteiger partial charge in [-0.1, -0.05) is 88.7 Å². The minimum absolute atomic E-state index is 0.0573. The van der Waals surface area contributed by atoms with Gasteiger partial charge in [-0.15, -0.1) is 23.1 Å². The Morgan fingerprint density at radius 2 is 1.53 bits per heavy atom. The third kappa shape index (κ3) is 9.61. The van der Waals surface area contributed by atoms with E-state index in [-0.39, 0.29) is 11.6 Å². The van der Waals surface area contributed by atoms with E-state index in [2.05, 4.69) is 36.9 Å². The summed E-state index contributed by atoms with van der Waals surface area (Å²) in [6.07, 6.45) is 1.59. The highest BCUT2D eigenvalue weighted by Gasteiger charge is 2.24. The smallest absolute Gasteiger partial charge is 0.272 e. The molecule has 1 heterocycles. The Labute approximate surface area is 312 Å². The quantitative estimate of drug-likeness (QED) is 0.0845. The number of aromatic nitrogens is 1. The van der Waals surface area contributed by atoms with Gasteiger partial charge in [0.15, 0.2) is 5.13 Å². The number of benzene rings is 5. The lowest BCUT2D eigenvalue weighted by Crippen LogP contribution is -2.30. The molecule has 0 bridgehead atoms. The van der Waals surface area contributed by atoms with Crippen LogP contribution in [0.5, 0.6) is 5.75 Å². The Bertz CT molecular complexity index is 2160. The minimum Gasteiger partial charge on any atom is -0.497 e. The third-order valence-corrected chi connectivity index (χ3v) is 10.1. The molecule has 3 N–H and O–H groups in total. The van der Waals surface area contributed by atoms with Gasteiger partial charge in [-0.05, 0) is 77.9 Å². The lowest BCUT2D eigenvalue weighted by Gasteiger charge is -2.17. The molecule has 254 valence electrons. The van der Waals surface area contributed by atoms with Crippen LogP contribution in [-0.2, 0) is 9.59 Å². The maximum absolute atomic E-state index is 13.7. The van der Waals surface area contributed by atoms with Crippen molar-refractivity contribution >= 4 is 73.6 Å². The molecule has 1 aromatic heterocycles. The summed E-state index contributed by atoms with van der Waals surface area (Å²) >= 11 is 6.21. The van der Waals surface area contributed by atoms with Crippen molar-refractivity contribution in [1.82, 2.24) is 10.3 Å². The van der Waals surface area contributed by atoms with Gasteiger partial charge in [-0.2, -0.15) is 0 Å². The number of carbonyl (C=O) groups is 3. The fourth-order valence-electron chi connectivity index (χ4n) is 4.95. The lowest BCUT2D eigenvalue weighted by atomic mass is 10.1. The molecule has 1 unspecified atom stereocenters. The van der Waals surface area contributed by atoms with E-state index in [0.717, 1.165) is 26.2 Å². The number of ether oxygens (including phenoxy) is 1. The van der Waals surface area contributed by atoms with Gasteiger partial charge in [0.1, 0.15) is 16.7 Å². The Hall–Kier alpha value is -5.49. The molecule has 0 radical (unpaired) electrons. The van der Waals surface area contributed by atoms with Crippen LogP contribution in [0, 0.1) is 0 Å². The Morgan fingerprint density at radius 1 is 0.824 bits per heavy atom. The van der Waals surface area contributed by atoms with E-state index in [1.54, 1.807) is 67.8 Å². The molecule has 8 nitrogen and oxygen atoms in total. The standard InChI is InChI=1S/C40H31BrN4O4S2/c1-49-32-14-8-9-26(23-32)24-34(43-37(46)29-12-6-3-7-13-29)38(47)42-31-19-21-33(22-20-31)51-36(28-10-4-2-5-11-28)39(48)45-40-44-35(25-50-40)27-15-17-30(41)18-16-27/h2-25,36H,1H3,(H,42,47)(H,43,46)(H,44,45,48)/b34-24-. The van der Waals surface area contributed by atoms with Gasteiger partial charge in [-0.3, -0.25) is 14.4 Å². The van der Waals surface area contributed by atoms with Crippen LogP contribution < -0.4 is 20.7 Å². The number of halogens is 1. The number of nitrogens with one attached hydrogen (secondary N) is 3. The van der Waals surface area contributed by atoms with Crippen molar-refractivity contribution in [2.45, 2.75) is 10.1 Å². The topological polar surface area (TPSA) is 109 Å². The van der Waals surface area contributed by atoms with Gasteiger partial charge in [-0.25, -0.2) is 4.98 Å². The first-order valence-electron chi connectivity index (χ1n) is 15.7. The molecule has 0 saturated carbocycles. The number of amides is 3. The predicted molar refractivity (Wildman–Crippen MR) is 209 cm³/mol. The molecule has 0 fully saturated rings. The van der Waals surface area contributed by atoms with E-state index >= 15 is 0 Å². The molecule has 0 aliphatic heterocycles. The van der Waals surface area contributed by atoms with Crippen molar-refractivity contribution in [3.63, 3.8) is 0 Å². The van der Waals surface area contributed by atoms with E-state index in [9.17, 15) is 14.4 Å². The molecule has 1 atom stereocenters. The maximum atomic E-state index is 13.7. The number of thiazole rings is 1. The number of hydrogen-bond donors (Lipinski definition) is 3. The Balaban J connectivity index is 1.17. The molecule has 6 rings (SSSR count). The number of anilines is 2. The van der Waals surface area contributed by atoms with Gasteiger partial charge in [0.2, 0.25) is 5.91 Å². The van der Waals surface area contributed by atoms with Gasteiger partial charge in [0.25, 0.3) is 11.8 Å². The highest BCUT2D eigenvalue weighted by molar-refractivity contribution is 9.10. The van der Waals surface area contributed by atoms with Crippen LogP contribution in [0.1, 0.15) is 26.7 Å². The van der Waals surface area contributed by atoms with Crippen molar-refractivity contribution in [3.8, 4) is 17.0 Å². The fourth-order valence-corrected chi connectivity index (χ4v) is 6.96. The Morgan fingerprint density at radius 3 is 2.24 bits per heavy atom. The van der Waals surface area contributed by atoms with Gasteiger partial charge in [0, 0.05) is 31.6 Å². The van der Waals surface area contributed by atoms with Crippen molar-refractivity contribution in [2.75, 3.05) is 17.7 Å². The zero-order chi connectivity index (χ0) is 35.6. The average molecular weight is 776 g/mol. The van der Waals surface area contributed by atoms with E-state index in [0.29, 0.717) is 27.7 Å². The van der Waals surface area contributed by atoms with E-state index in [4.69, 9.17) is 4.74 Å². The summed E-state index contributed by atoms with van der Waals surface area (Å²) in [7, 11) is 1.56. The summed E-state index contributed by atoms with van der Waals surface area (Å²) in [5, 5.41) is 10.5. The summed E-state index contributed by atoms with van der Waals surface area (Å²) in [6.45, 7) is 0. The van der Waals surface area contributed by atoms with E-state index < -0.39 is 17.1 Å². The van der Waals surface area contributed by atoms with Gasteiger partial charge < -0.3 is 20.7 Å². The number of rotatable bonds is 12. The van der Waals surface area contributed by atoms with Crippen LogP contribution in [0.3, 0.4) is 0 Å². The first-order valence-corrected chi connectivity index (χ1v) is 18.3. The normalized spacial score (nSPS) is 11.7. The Kier molecular flexibility index (Phi) is 11.7. The zero-order valence-electron chi connectivity index (χ0n) is 27.2. The minimum atomic E-state index is -0.572. The summed E-state index contributed by atoms with van der Waals surface area (Å²) < 4.78 is 6.31. The predicted octanol–water partition coefficient (Wildman–Crippen LogP) is 9.46. The maximum Gasteiger partial charge on any atom is 0.272 e. The number of methoxy groups -OCH3 is 1. The molecule has 51 heavy (non-hydrogen) atoms. The number of hydrogen-bond acceptors (Lipinski definition) is 7. The second-order valence-corrected chi connectivity index (χ2v) is 14.0. The number of thioether (sulfide) groups is 1. The van der Waals surface area contributed by atoms with Crippen LogP contribution in [0.4, 0.5) is 10.8 Å². The molecule has 0 aliphatic carbocycles. The second kappa shape index (κ2) is 16.9. The van der Waals surface area contributed by atoms with Crippen LogP contribution >= 0.6 is 39.0 Å². The highest BCUT2D eigenvalue weighted by atomic mass is 79.9. The molecule has 0 spiro atoms. The molecule has 0 saturated heterocycles. The molecule has 5 aromatic carbocycles. The number of nitrogens with zero attached hydrogens (tertiary/aromatic N) is 1. The van der Waals surface area contributed by atoms with Crippen LogP contribution in [0.15, 0.2) is 154 Å². The van der Waals surface area contributed by atoms with Crippen molar-refractivity contribution < 1.29 is 19.1 Å². The first-order chi connectivity index (χ1) is 24.8. The summed E-state index contributed by atoms with van der Waals surface area (Å²) in [5.74, 6) is -0.512. The summed E-state index contributed by atoms with van der Waals surface area (Å²) in [4.78, 5) is 45.8. The summed E-state index contributed by atoms with van der Waals surface area (Å²) in [6, 6.07) is 40.4. The van der Waals surface area contributed by atoms with Crippen LogP contribution in [-0.4, -0.2) is 29.8 Å². The molecular weight excluding hydrogens is 745 g/mol. The molecule has 0 aliphatic rings. The van der Waals surface area contributed by atoms with Gasteiger partial charge >= 0.3 is 0 Å². The van der Waals surface area contributed by atoms with E-state index in [1.165, 1.54) is 23.1 Å². The lowest BCUT2D eigenvalue weighted by molar-refractivity contribution is -0.116. The molecule has 3 amide bonds. The monoisotopic (exact) mass is 774 g/mol. The summed E-state index contributed by atoms with van der Waals surface area (Å²) in [5.41, 5.74) is 4.24. The second-order valence-electron chi connectivity index (χ2n) is 11.1. The highest BCUT2D eigenvalue weighted by Crippen LogP contribution is 2.37. The van der Waals surface area contributed by atoms with Crippen LogP contribution in [0.2, 0.25) is 0 Å². The van der Waals surface area contributed by atoms with Crippen molar-refractivity contribution in [1.29, 1.82) is 0 Å². The molecule has 6 aromatic rings. The fraction of sp³-hybridized carbons (Fsp3) is 0.0500. The largest absolute Gasteiger partial charge is 0.497 e. The molecule has 11 heteroatoms. The van der Waals surface area contributed by atoms with Crippen molar-refractivity contribution in [3.05, 3.63) is 166 Å². The van der Waals surface area contributed by atoms with E-state index in [1.807, 2.05) is 84.2 Å². The zero-order valence-corrected chi connectivity index (χ0v) is 30.4. The number of carbonyl (C=O) groups excluding carboxylic acids is 3. The molecular formula is C40H31BrN4O4S2.